The molecule has 0 aliphatic rings. The fourth-order valence-corrected chi connectivity index (χ4v) is 1.72. The molecule has 70 valence electrons. The van der Waals surface area contributed by atoms with Crippen LogP contribution in [0.1, 0.15) is 12.7 Å². The van der Waals surface area contributed by atoms with Crippen LogP contribution in [-0.4, -0.2) is 4.98 Å². The first-order chi connectivity index (χ1) is 5.83. The Morgan fingerprint density at radius 3 is 2.69 bits per heavy atom. The standard InChI is InChI=1S/C9H10N2S.BrH/c1-2-9-10-7-5-3-4-6-8(7)11(9)12;/h3-6,12H,2H2,1H3;1H. The zero-order chi connectivity index (χ0) is 8.55. The molecule has 0 atom stereocenters. The molecule has 0 fully saturated rings. The Labute approximate surface area is 93.3 Å². The van der Waals surface area contributed by atoms with Crippen molar-refractivity contribution >= 4 is 23.8 Å². The number of hydrogen-bond donors (Lipinski definition) is 2. The normalized spacial score (nSPS) is 10.0. The van der Waals surface area contributed by atoms with Crippen molar-refractivity contribution in [3.05, 3.63) is 30.1 Å². The van der Waals surface area contributed by atoms with Crippen molar-refractivity contribution in [1.82, 2.24) is 4.98 Å². The molecule has 0 spiro atoms. The SMILES string of the molecule is CCc1[nH]c2ccccc2[n+]1S.[Br-]. The predicted molar refractivity (Wildman–Crippen MR) is 52.3 cm³/mol. The molecule has 1 aromatic carbocycles. The first kappa shape index (κ1) is 10.6. The van der Waals surface area contributed by atoms with E-state index in [-0.39, 0.29) is 17.0 Å². The molecule has 2 nitrogen and oxygen atoms in total. The summed E-state index contributed by atoms with van der Waals surface area (Å²) >= 11 is 4.38. The minimum atomic E-state index is 0. The summed E-state index contributed by atoms with van der Waals surface area (Å²) in [6, 6.07) is 8.15. The van der Waals surface area contributed by atoms with E-state index < -0.39 is 0 Å². The van der Waals surface area contributed by atoms with Crippen LogP contribution in [0, 0.1) is 0 Å². The highest BCUT2D eigenvalue weighted by Gasteiger charge is 2.12. The van der Waals surface area contributed by atoms with Gasteiger partial charge >= 0.3 is 0 Å². The molecule has 13 heavy (non-hydrogen) atoms. The van der Waals surface area contributed by atoms with Gasteiger partial charge in [-0.15, -0.1) is 0 Å². The maximum absolute atomic E-state index is 4.38. The van der Waals surface area contributed by atoms with E-state index >= 15 is 0 Å². The number of aromatic nitrogens is 2. The highest BCUT2D eigenvalue weighted by molar-refractivity contribution is 7.73. The van der Waals surface area contributed by atoms with Gasteiger partial charge in [0.1, 0.15) is 0 Å². The molecule has 1 N–H and O–H groups in total. The second-order valence-corrected chi connectivity index (χ2v) is 3.15. The highest BCUT2D eigenvalue weighted by Crippen LogP contribution is 2.09. The molecule has 0 saturated carbocycles. The van der Waals surface area contributed by atoms with Crippen LogP contribution in [0.5, 0.6) is 0 Å². The van der Waals surface area contributed by atoms with Gasteiger partial charge in [0.15, 0.2) is 11.0 Å². The Morgan fingerprint density at radius 1 is 1.38 bits per heavy atom. The summed E-state index contributed by atoms with van der Waals surface area (Å²) in [5.41, 5.74) is 2.28. The Hall–Kier alpha value is -0.480. The smallest absolute Gasteiger partial charge is 0.266 e. The van der Waals surface area contributed by atoms with E-state index in [1.54, 1.807) is 0 Å². The second kappa shape index (κ2) is 4.15. The molecule has 0 radical (unpaired) electrons. The molecule has 0 aliphatic carbocycles. The summed E-state index contributed by atoms with van der Waals surface area (Å²) in [6.45, 7) is 2.11. The molecular weight excluding hydrogens is 248 g/mol. The fourth-order valence-electron chi connectivity index (χ4n) is 1.36. The van der Waals surface area contributed by atoms with Gasteiger partial charge in [0.2, 0.25) is 0 Å². The molecule has 0 saturated heterocycles. The van der Waals surface area contributed by atoms with Crippen molar-refractivity contribution in [3.8, 4) is 0 Å². The van der Waals surface area contributed by atoms with E-state index in [1.165, 1.54) is 0 Å². The van der Waals surface area contributed by atoms with Crippen molar-refractivity contribution in [2.24, 2.45) is 0 Å². The topological polar surface area (TPSA) is 19.7 Å². The summed E-state index contributed by atoms with van der Waals surface area (Å²) in [4.78, 5) is 3.30. The number of H-pyrrole nitrogens is 1. The third kappa shape index (κ3) is 1.74. The lowest BCUT2D eigenvalue weighted by Gasteiger charge is -1.85. The molecule has 0 unspecified atom stereocenters. The van der Waals surface area contributed by atoms with Gasteiger partial charge in [-0.25, -0.2) is 4.98 Å². The van der Waals surface area contributed by atoms with Gasteiger partial charge in [0, 0.05) is 19.2 Å². The summed E-state index contributed by atoms with van der Waals surface area (Å²) in [5.74, 6) is 1.14. The number of nitrogens with zero attached hydrogens (tertiary/aromatic N) is 1. The maximum atomic E-state index is 4.38. The number of fused-ring (bicyclic) bond motifs is 1. The summed E-state index contributed by atoms with van der Waals surface area (Å²) in [5, 5.41) is 0. The minimum absolute atomic E-state index is 0. The van der Waals surface area contributed by atoms with Crippen LogP contribution in [0.15, 0.2) is 24.3 Å². The fraction of sp³-hybridized carbons (Fsp3) is 0.222. The van der Waals surface area contributed by atoms with Crippen molar-refractivity contribution in [2.75, 3.05) is 0 Å². The average molecular weight is 259 g/mol. The van der Waals surface area contributed by atoms with Gasteiger partial charge in [0.05, 0.1) is 0 Å². The highest BCUT2D eigenvalue weighted by atomic mass is 79.9. The lowest BCUT2D eigenvalue weighted by molar-refractivity contribution is -0.468. The average Bonchev–Trinajstić information content (AvgIpc) is 2.44. The van der Waals surface area contributed by atoms with Gasteiger partial charge in [-0.2, -0.15) is 3.97 Å². The molecule has 2 rings (SSSR count). The zero-order valence-electron chi connectivity index (χ0n) is 7.29. The van der Waals surface area contributed by atoms with Crippen LogP contribution >= 0.6 is 12.8 Å². The molecule has 0 bridgehead atoms. The zero-order valence-corrected chi connectivity index (χ0v) is 9.77. The molecule has 4 heteroatoms. The van der Waals surface area contributed by atoms with Gasteiger partial charge in [-0.3, -0.25) is 0 Å². The third-order valence-corrected chi connectivity index (χ3v) is 2.46. The number of hydrogen-bond acceptors (Lipinski definition) is 1. The number of rotatable bonds is 1. The van der Waals surface area contributed by atoms with Crippen LogP contribution in [0.4, 0.5) is 0 Å². The lowest BCUT2D eigenvalue weighted by Crippen LogP contribution is -3.00. The van der Waals surface area contributed by atoms with E-state index in [9.17, 15) is 0 Å². The predicted octanol–water partition coefficient (Wildman–Crippen LogP) is -1.29. The van der Waals surface area contributed by atoms with E-state index in [0.29, 0.717) is 0 Å². The van der Waals surface area contributed by atoms with Crippen LogP contribution in [-0.2, 0) is 6.42 Å². The Kier molecular flexibility index (Phi) is 3.39. The molecule has 1 heterocycles. The van der Waals surface area contributed by atoms with Crippen molar-refractivity contribution in [1.29, 1.82) is 0 Å². The van der Waals surface area contributed by atoms with E-state index in [1.807, 2.05) is 16.1 Å². The third-order valence-electron chi connectivity index (χ3n) is 2.00. The molecule has 0 amide bonds. The number of aryl methyl sites for hydroxylation is 1. The van der Waals surface area contributed by atoms with Crippen LogP contribution < -0.4 is 21.0 Å². The molecule has 2 aromatic rings. The number of halogens is 1. The number of para-hydroxylation sites is 2. The number of thiol groups is 1. The van der Waals surface area contributed by atoms with Gasteiger partial charge in [-0.05, 0) is 12.1 Å². The first-order valence-electron chi connectivity index (χ1n) is 4.04. The number of nitrogens with one attached hydrogen (secondary N) is 1. The Bertz CT molecular complexity index is 411. The largest absolute Gasteiger partial charge is 1.00 e. The van der Waals surface area contributed by atoms with Crippen molar-refractivity contribution in [2.45, 2.75) is 13.3 Å². The van der Waals surface area contributed by atoms with E-state index in [4.69, 9.17) is 0 Å². The second-order valence-electron chi connectivity index (χ2n) is 2.75. The minimum Gasteiger partial charge on any atom is -1.00 e. The number of imidazole rings is 1. The number of aromatic amines is 1. The van der Waals surface area contributed by atoms with Gasteiger partial charge < -0.3 is 17.0 Å². The van der Waals surface area contributed by atoms with Gasteiger partial charge in [-0.1, -0.05) is 19.1 Å². The monoisotopic (exact) mass is 258 g/mol. The van der Waals surface area contributed by atoms with Crippen LogP contribution in [0.25, 0.3) is 11.0 Å². The molecule has 1 aromatic heterocycles. The Balaban J connectivity index is 0.000000845. The van der Waals surface area contributed by atoms with Crippen LogP contribution in [0.3, 0.4) is 0 Å². The maximum Gasteiger partial charge on any atom is 0.266 e. The van der Waals surface area contributed by atoms with Crippen LogP contribution in [0.2, 0.25) is 0 Å². The first-order valence-corrected chi connectivity index (χ1v) is 4.44. The quantitative estimate of drug-likeness (QED) is 0.469. The summed E-state index contributed by atoms with van der Waals surface area (Å²) in [7, 11) is 0. The molecule has 0 aliphatic heterocycles. The summed E-state index contributed by atoms with van der Waals surface area (Å²) < 4.78 is 1.90. The number of benzene rings is 1. The summed E-state index contributed by atoms with van der Waals surface area (Å²) in [6.07, 6.45) is 0.970. The molecular formula is C9H11BrN2S. The van der Waals surface area contributed by atoms with E-state index in [0.717, 1.165) is 23.3 Å². The Morgan fingerprint density at radius 2 is 2.08 bits per heavy atom. The lowest BCUT2D eigenvalue weighted by atomic mass is 10.3. The van der Waals surface area contributed by atoms with Gasteiger partial charge in [0.25, 0.3) is 5.82 Å². The van der Waals surface area contributed by atoms with Crippen molar-refractivity contribution < 1.29 is 21.0 Å². The van der Waals surface area contributed by atoms with Crippen molar-refractivity contribution in [3.63, 3.8) is 0 Å². The van der Waals surface area contributed by atoms with E-state index in [2.05, 4.69) is 36.9 Å².